The lowest BCUT2D eigenvalue weighted by molar-refractivity contribution is -0.141. The number of carbonyl (C=O) groups excluding carboxylic acids is 1. The minimum Gasteiger partial charge on any atom is -0.357 e. The highest BCUT2D eigenvalue weighted by Gasteiger charge is 2.38. The van der Waals surface area contributed by atoms with Crippen LogP contribution in [-0.2, 0) is 17.5 Å². The normalized spacial score (nSPS) is 16.1. The Morgan fingerprint density at radius 2 is 2.00 bits per heavy atom. The highest BCUT2D eigenvalue weighted by atomic mass is 35.5. The first-order valence-corrected chi connectivity index (χ1v) is 8.64. The Balaban J connectivity index is 1.63. The first-order valence-electron chi connectivity index (χ1n) is 8.26. The predicted octanol–water partition coefficient (Wildman–Crippen LogP) is 3.74. The van der Waals surface area contributed by atoms with E-state index in [-0.39, 0.29) is 23.9 Å². The molecular formula is C17H18ClF3N4O. The standard InChI is InChI=1S/C17H18ClF3N4O/c1-11-15(18)16(17(19,20)21)23-25(11)10-13(26)12-5-8-24(9-6-12)14-4-2-3-7-22-14/h2-4,7,12H,5-6,8-10H2,1H3. The maximum Gasteiger partial charge on any atom is 0.436 e. The summed E-state index contributed by atoms with van der Waals surface area (Å²) in [5, 5.41) is 3.05. The van der Waals surface area contributed by atoms with E-state index in [4.69, 9.17) is 11.6 Å². The van der Waals surface area contributed by atoms with Crippen LogP contribution in [0.3, 0.4) is 0 Å². The summed E-state index contributed by atoms with van der Waals surface area (Å²) in [5.74, 6) is 0.538. The van der Waals surface area contributed by atoms with Crippen LogP contribution in [0, 0.1) is 12.8 Å². The molecule has 2 aromatic heterocycles. The summed E-state index contributed by atoms with van der Waals surface area (Å²) in [6.45, 7) is 2.59. The zero-order chi connectivity index (χ0) is 18.9. The molecule has 5 nitrogen and oxygen atoms in total. The quantitative estimate of drug-likeness (QED) is 0.803. The number of pyridine rings is 1. The van der Waals surface area contributed by atoms with Gasteiger partial charge in [0.1, 0.15) is 12.4 Å². The van der Waals surface area contributed by atoms with Gasteiger partial charge < -0.3 is 4.90 Å². The molecule has 1 fully saturated rings. The number of rotatable bonds is 4. The average Bonchev–Trinajstić information content (AvgIpc) is 2.91. The van der Waals surface area contributed by atoms with Crippen molar-refractivity contribution in [1.29, 1.82) is 0 Å². The van der Waals surface area contributed by atoms with Crippen molar-refractivity contribution in [3.63, 3.8) is 0 Å². The van der Waals surface area contributed by atoms with Crippen molar-refractivity contribution in [3.05, 3.63) is 40.8 Å². The van der Waals surface area contributed by atoms with Gasteiger partial charge in [-0.1, -0.05) is 17.7 Å². The summed E-state index contributed by atoms with van der Waals surface area (Å²) < 4.78 is 39.7. The van der Waals surface area contributed by atoms with Crippen molar-refractivity contribution < 1.29 is 18.0 Å². The van der Waals surface area contributed by atoms with Crippen molar-refractivity contribution in [2.24, 2.45) is 5.92 Å². The highest BCUT2D eigenvalue weighted by molar-refractivity contribution is 6.32. The van der Waals surface area contributed by atoms with E-state index in [0.29, 0.717) is 25.9 Å². The second-order valence-electron chi connectivity index (χ2n) is 6.32. The molecule has 1 saturated heterocycles. The van der Waals surface area contributed by atoms with Gasteiger partial charge in [0, 0.05) is 25.2 Å². The average molecular weight is 387 g/mol. The van der Waals surface area contributed by atoms with E-state index in [1.165, 1.54) is 6.92 Å². The summed E-state index contributed by atoms with van der Waals surface area (Å²) in [6, 6.07) is 5.66. The molecule has 0 spiro atoms. The number of ketones is 1. The number of Topliss-reactive ketones (excluding diaryl/α,β-unsaturated/α-hetero) is 1. The third-order valence-corrected chi connectivity index (χ3v) is 5.08. The van der Waals surface area contributed by atoms with Gasteiger partial charge in [0.25, 0.3) is 0 Å². The molecule has 0 amide bonds. The molecule has 140 valence electrons. The lowest BCUT2D eigenvalue weighted by atomic mass is 9.92. The van der Waals surface area contributed by atoms with Crippen molar-refractivity contribution >= 4 is 23.2 Å². The fourth-order valence-corrected chi connectivity index (χ4v) is 3.35. The molecule has 0 radical (unpaired) electrons. The highest BCUT2D eigenvalue weighted by Crippen LogP contribution is 2.35. The Labute approximate surface area is 153 Å². The largest absolute Gasteiger partial charge is 0.436 e. The summed E-state index contributed by atoms with van der Waals surface area (Å²) in [4.78, 5) is 18.9. The minimum atomic E-state index is -4.63. The molecule has 0 aromatic carbocycles. The Kier molecular flexibility index (Phi) is 5.22. The van der Waals surface area contributed by atoms with Gasteiger partial charge in [0.2, 0.25) is 0 Å². The van der Waals surface area contributed by atoms with E-state index in [9.17, 15) is 18.0 Å². The van der Waals surface area contributed by atoms with Crippen LogP contribution >= 0.6 is 11.6 Å². The monoisotopic (exact) mass is 386 g/mol. The summed E-state index contributed by atoms with van der Waals surface area (Å²) >= 11 is 5.73. The van der Waals surface area contributed by atoms with Crippen molar-refractivity contribution in [2.75, 3.05) is 18.0 Å². The Bertz CT molecular complexity index is 783. The molecule has 2 aromatic rings. The number of nitrogens with zero attached hydrogens (tertiary/aromatic N) is 4. The number of halogens is 4. The smallest absolute Gasteiger partial charge is 0.357 e. The third-order valence-electron chi connectivity index (χ3n) is 4.63. The van der Waals surface area contributed by atoms with Crippen molar-refractivity contribution in [1.82, 2.24) is 14.8 Å². The van der Waals surface area contributed by atoms with Crippen LogP contribution in [0.25, 0.3) is 0 Å². The van der Waals surface area contributed by atoms with E-state index in [0.717, 1.165) is 10.5 Å². The number of piperidine rings is 1. The molecule has 0 aliphatic carbocycles. The molecular weight excluding hydrogens is 369 g/mol. The molecule has 0 saturated carbocycles. The number of carbonyl (C=O) groups is 1. The van der Waals surface area contributed by atoms with Gasteiger partial charge in [-0.3, -0.25) is 9.48 Å². The molecule has 0 atom stereocenters. The molecule has 9 heteroatoms. The second-order valence-corrected chi connectivity index (χ2v) is 6.70. The van der Waals surface area contributed by atoms with Gasteiger partial charge in [0.15, 0.2) is 11.5 Å². The molecule has 0 N–H and O–H groups in total. The van der Waals surface area contributed by atoms with E-state index >= 15 is 0 Å². The van der Waals surface area contributed by atoms with E-state index in [1.807, 2.05) is 18.2 Å². The van der Waals surface area contributed by atoms with Crippen LogP contribution in [0.15, 0.2) is 24.4 Å². The Hall–Kier alpha value is -2.09. The first-order chi connectivity index (χ1) is 12.3. The number of aromatic nitrogens is 3. The number of anilines is 1. The van der Waals surface area contributed by atoms with Crippen LogP contribution in [0.5, 0.6) is 0 Å². The zero-order valence-electron chi connectivity index (χ0n) is 14.1. The maximum absolute atomic E-state index is 12.9. The lowest BCUT2D eigenvalue weighted by Gasteiger charge is -2.32. The van der Waals surface area contributed by atoms with E-state index in [2.05, 4.69) is 15.0 Å². The number of hydrogen-bond donors (Lipinski definition) is 0. The van der Waals surface area contributed by atoms with Crippen LogP contribution < -0.4 is 4.90 Å². The molecule has 0 unspecified atom stereocenters. The molecule has 26 heavy (non-hydrogen) atoms. The minimum absolute atomic E-state index is 0.123. The molecule has 3 rings (SSSR count). The van der Waals surface area contributed by atoms with Crippen molar-refractivity contribution in [2.45, 2.75) is 32.5 Å². The molecule has 1 aliphatic heterocycles. The lowest BCUT2D eigenvalue weighted by Crippen LogP contribution is -2.37. The van der Waals surface area contributed by atoms with E-state index in [1.54, 1.807) is 6.20 Å². The molecule has 0 bridgehead atoms. The fourth-order valence-electron chi connectivity index (χ4n) is 3.11. The Morgan fingerprint density at radius 1 is 1.31 bits per heavy atom. The Morgan fingerprint density at radius 3 is 2.54 bits per heavy atom. The van der Waals surface area contributed by atoms with Gasteiger partial charge in [-0.15, -0.1) is 0 Å². The van der Waals surface area contributed by atoms with Crippen LogP contribution in [-0.4, -0.2) is 33.6 Å². The first kappa shape index (κ1) is 18.7. The summed E-state index contributed by atoms with van der Waals surface area (Å²) in [7, 11) is 0. The SMILES string of the molecule is Cc1c(Cl)c(C(F)(F)F)nn1CC(=O)C1CCN(c2ccccn2)CC1. The molecule has 1 aliphatic rings. The van der Waals surface area contributed by atoms with E-state index < -0.39 is 16.9 Å². The summed E-state index contributed by atoms with van der Waals surface area (Å²) in [5.41, 5.74) is -0.993. The fraction of sp³-hybridized carbons (Fsp3) is 0.471. The van der Waals surface area contributed by atoms with Crippen LogP contribution in [0.1, 0.15) is 24.2 Å². The van der Waals surface area contributed by atoms with Gasteiger partial charge in [-0.2, -0.15) is 18.3 Å². The van der Waals surface area contributed by atoms with Crippen LogP contribution in [0.2, 0.25) is 5.02 Å². The number of alkyl halides is 3. The predicted molar refractivity (Wildman–Crippen MR) is 91.2 cm³/mol. The van der Waals surface area contributed by atoms with Crippen molar-refractivity contribution in [3.8, 4) is 0 Å². The number of hydrogen-bond acceptors (Lipinski definition) is 4. The maximum atomic E-state index is 12.9. The molecule has 3 heterocycles. The third kappa shape index (κ3) is 3.85. The van der Waals surface area contributed by atoms with Gasteiger partial charge >= 0.3 is 6.18 Å². The topological polar surface area (TPSA) is 51.0 Å². The van der Waals surface area contributed by atoms with Crippen LogP contribution in [0.4, 0.5) is 19.0 Å². The zero-order valence-corrected chi connectivity index (χ0v) is 14.9. The summed E-state index contributed by atoms with van der Waals surface area (Å²) in [6.07, 6.45) is -1.65. The van der Waals surface area contributed by atoms with Gasteiger partial charge in [-0.05, 0) is 31.9 Å². The second kappa shape index (κ2) is 7.26. The van der Waals surface area contributed by atoms with Gasteiger partial charge in [0.05, 0.1) is 10.7 Å². The van der Waals surface area contributed by atoms with Gasteiger partial charge in [-0.25, -0.2) is 4.98 Å².